The van der Waals surface area contributed by atoms with Crippen molar-refractivity contribution in [2.45, 2.75) is 6.54 Å². The zero-order valence-corrected chi connectivity index (χ0v) is 12.8. The second-order valence-electron chi connectivity index (χ2n) is 4.65. The van der Waals surface area contributed by atoms with E-state index in [0.717, 1.165) is 17.7 Å². The van der Waals surface area contributed by atoms with E-state index in [-0.39, 0.29) is 11.0 Å². The van der Waals surface area contributed by atoms with Gasteiger partial charge >= 0.3 is 0 Å². The van der Waals surface area contributed by atoms with E-state index in [2.05, 4.69) is 15.9 Å². The molecule has 0 radical (unpaired) electrons. The maximum atomic E-state index is 13.8. The number of nitrogen functional groups attached to an aromatic ring is 1. The van der Waals surface area contributed by atoms with Gasteiger partial charge in [-0.2, -0.15) is 0 Å². The van der Waals surface area contributed by atoms with Crippen LogP contribution >= 0.6 is 15.9 Å². The lowest BCUT2D eigenvalue weighted by Crippen LogP contribution is -2.28. The second kappa shape index (κ2) is 6.22. The van der Waals surface area contributed by atoms with E-state index in [9.17, 15) is 13.6 Å². The molecule has 3 nitrogen and oxygen atoms in total. The summed E-state index contributed by atoms with van der Waals surface area (Å²) >= 11 is 2.98. The molecule has 0 spiro atoms. The van der Waals surface area contributed by atoms with Crippen molar-refractivity contribution in [2.75, 3.05) is 12.8 Å². The number of anilines is 1. The summed E-state index contributed by atoms with van der Waals surface area (Å²) in [6.45, 7) is 0.207. The highest BCUT2D eigenvalue weighted by atomic mass is 79.9. The molecule has 0 aliphatic heterocycles. The standard InChI is InChI=1S/C15H13BrF2N2O/c1-20(8-9-3-2-4-11(19)5-9)15(21)14-12(17)6-10(16)7-13(14)18/h2-7H,8,19H2,1H3. The van der Waals surface area contributed by atoms with E-state index in [1.54, 1.807) is 24.3 Å². The van der Waals surface area contributed by atoms with Crippen LogP contribution in [0.5, 0.6) is 0 Å². The lowest BCUT2D eigenvalue weighted by atomic mass is 10.1. The van der Waals surface area contributed by atoms with Gasteiger partial charge in [-0.3, -0.25) is 4.79 Å². The Balaban J connectivity index is 2.24. The summed E-state index contributed by atoms with van der Waals surface area (Å²) < 4.78 is 27.8. The van der Waals surface area contributed by atoms with Crippen LogP contribution in [0, 0.1) is 11.6 Å². The van der Waals surface area contributed by atoms with Gasteiger partial charge in [0.1, 0.15) is 17.2 Å². The van der Waals surface area contributed by atoms with Crippen molar-refractivity contribution in [2.24, 2.45) is 0 Å². The summed E-state index contributed by atoms with van der Waals surface area (Å²) in [4.78, 5) is 13.4. The molecular formula is C15H13BrF2N2O. The molecule has 0 saturated heterocycles. The van der Waals surface area contributed by atoms with Crippen molar-refractivity contribution in [3.63, 3.8) is 0 Å². The van der Waals surface area contributed by atoms with E-state index < -0.39 is 23.1 Å². The van der Waals surface area contributed by atoms with Crippen LogP contribution in [0.2, 0.25) is 0 Å². The number of halogens is 3. The normalized spacial score (nSPS) is 10.5. The highest BCUT2D eigenvalue weighted by Gasteiger charge is 2.21. The first-order valence-corrected chi connectivity index (χ1v) is 6.92. The lowest BCUT2D eigenvalue weighted by molar-refractivity contribution is 0.0775. The number of benzene rings is 2. The van der Waals surface area contributed by atoms with Crippen LogP contribution in [0.25, 0.3) is 0 Å². The maximum Gasteiger partial charge on any atom is 0.259 e. The fourth-order valence-electron chi connectivity index (χ4n) is 1.97. The third-order valence-electron chi connectivity index (χ3n) is 2.94. The third-order valence-corrected chi connectivity index (χ3v) is 3.40. The van der Waals surface area contributed by atoms with Gasteiger partial charge in [-0.15, -0.1) is 0 Å². The SMILES string of the molecule is CN(Cc1cccc(N)c1)C(=O)c1c(F)cc(Br)cc1F. The molecule has 2 aromatic carbocycles. The molecule has 2 rings (SSSR count). The fraction of sp³-hybridized carbons (Fsp3) is 0.133. The first kappa shape index (κ1) is 15.4. The van der Waals surface area contributed by atoms with Crippen LogP contribution < -0.4 is 5.73 Å². The largest absolute Gasteiger partial charge is 0.399 e. The molecule has 0 heterocycles. The molecule has 110 valence electrons. The minimum absolute atomic E-state index is 0.207. The number of hydrogen-bond donors (Lipinski definition) is 1. The lowest BCUT2D eigenvalue weighted by Gasteiger charge is -2.18. The van der Waals surface area contributed by atoms with Crippen molar-refractivity contribution in [1.29, 1.82) is 0 Å². The molecule has 0 bridgehead atoms. The van der Waals surface area contributed by atoms with Crippen LogP contribution in [0.15, 0.2) is 40.9 Å². The first-order chi connectivity index (χ1) is 9.88. The Kier molecular flexibility index (Phi) is 4.57. The first-order valence-electron chi connectivity index (χ1n) is 6.13. The molecular weight excluding hydrogens is 342 g/mol. The minimum Gasteiger partial charge on any atom is -0.399 e. The number of carbonyl (C=O) groups is 1. The average molecular weight is 355 g/mol. The molecule has 6 heteroatoms. The van der Waals surface area contributed by atoms with Crippen molar-refractivity contribution >= 4 is 27.5 Å². The highest BCUT2D eigenvalue weighted by molar-refractivity contribution is 9.10. The smallest absolute Gasteiger partial charge is 0.259 e. The van der Waals surface area contributed by atoms with Crippen LogP contribution in [-0.2, 0) is 6.54 Å². The second-order valence-corrected chi connectivity index (χ2v) is 5.57. The van der Waals surface area contributed by atoms with E-state index in [1.807, 2.05) is 0 Å². The van der Waals surface area contributed by atoms with Gasteiger partial charge in [-0.1, -0.05) is 28.1 Å². The molecule has 0 aliphatic carbocycles. The van der Waals surface area contributed by atoms with Crippen molar-refractivity contribution in [1.82, 2.24) is 4.90 Å². The Hall–Kier alpha value is -1.95. The quantitative estimate of drug-likeness (QED) is 0.856. The Morgan fingerprint density at radius 1 is 1.24 bits per heavy atom. The van der Waals surface area contributed by atoms with Gasteiger partial charge in [0.05, 0.1) is 0 Å². The van der Waals surface area contributed by atoms with Crippen molar-refractivity contribution in [3.05, 3.63) is 63.6 Å². The van der Waals surface area contributed by atoms with Gasteiger partial charge < -0.3 is 10.6 Å². The molecule has 0 unspecified atom stereocenters. The predicted molar refractivity (Wildman–Crippen MR) is 80.7 cm³/mol. The number of hydrogen-bond acceptors (Lipinski definition) is 2. The molecule has 2 aromatic rings. The molecule has 0 atom stereocenters. The van der Waals surface area contributed by atoms with Gasteiger partial charge in [-0.05, 0) is 29.8 Å². The topological polar surface area (TPSA) is 46.3 Å². The molecule has 21 heavy (non-hydrogen) atoms. The Bertz CT molecular complexity index is 668. The Morgan fingerprint density at radius 3 is 2.43 bits per heavy atom. The number of nitrogens with zero attached hydrogens (tertiary/aromatic N) is 1. The number of nitrogens with two attached hydrogens (primary N) is 1. The maximum absolute atomic E-state index is 13.8. The predicted octanol–water partition coefficient (Wildman–Crippen LogP) is 3.58. The Morgan fingerprint density at radius 2 is 1.86 bits per heavy atom. The molecule has 2 N–H and O–H groups in total. The van der Waals surface area contributed by atoms with Crippen molar-refractivity contribution < 1.29 is 13.6 Å². The van der Waals surface area contributed by atoms with Crippen LogP contribution in [0.4, 0.5) is 14.5 Å². The summed E-state index contributed by atoms with van der Waals surface area (Å²) in [5.74, 6) is -2.52. The van der Waals surface area contributed by atoms with Gasteiger partial charge in [0, 0.05) is 23.8 Å². The zero-order valence-electron chi connectivity index (χ0n) is 11.2. The number of rotatable bonds is 3. The van der Waals surface area contributed by atoms with Gasteiger partial charge in [0.15, 0.2) is 0 Å². The van der Waals surface area contributed by atoms with Crippen LogP contribution in [0.3, 0.4) is 0 Å². The summed E-state index contributed by atoms with van der Waals surface area (Å²) in [5.41, 5.74) is 6.44. The van der Waals surface area contributed by atoms with E-state index in [1.165, 1.54) is 11.9 Å². The summed E-state index contributed by atoms with van der Waals surface area (Å²) in [7, 11) is 1.48. The molecule has 0 aliphatic rings. The number of amides is 1. The molecule has 1 amide bonds. The van der Waals surface area contributed by atoms with Gasteiger partial charge in [0.25, 0.3) is 5.91 Å². The summed E-state index contributed by atoms with van der Waals surface area (Å²) in [6, 6.07) is 9.09. The monoisotopic (exact) mass is 354 g/mol. The molecule has 0 fully saturated rings. The average Bonchev–Trinajstić information content (AvgIpc) is 2.37. The van der Waals surface area contributed by atoms with Crippen LogP contribution in [0.1, 0.15) is 15.9 Å². The van der Waals surface area contributed by atoms with E-state index in [4.69, 9.17) is 5.73 Å². The highest BCUT2D eigenvalue weighted by Crippen LogP contribution is 2.21. The molecule has 0 saturated carbocycles. The Labute approximate surface area is 129 Å². The van der Waals surface area contributed by atoms with E-state index >= 15 is 0 Å². The summed E-state index contributed by atoms with van der Waals surface area (Å²) in [5, 5.41) is 0. The summed E-state index contributed by atoms with van der Waals surface area (Å²) in [6.07, 6.45) is 0. The zero-order chi connectivity index (χ0) is 15.6. The fourth-order valence-corrected chi connectivity index (χ4v) is 2.38. The number of carbonyl (C=O) groups excluding carboxylic acids is 1. The van der Waals surface area contributed by atoms with Crippen LogP contribution in [-0.4, -0.2) is 17.9 Å². The molecule has 0 aromatic heterocycles. The van der Waals surface area contributed by atoms with Gasteiger partial charge in [-0.25, -0.2) is 8.78 Å². The third kappa shape index (κ3) is 3.58. The van der Waals surface area contributed by atoms with Crippen molar-refractivity contribution in [3.8, 4) is 0 Å². The van der Waals surface area contributed by atoms with E-state index in [0.29, 0.717) is 5.69 Å². The van der Waals surface area contributed by atoms with Gasteiger partial charge in [0.2, 0.25) is 0 Å². The minimum atomic E-state index is -0.897.